The first kappa shape index (κ1) is 15.9. The molecule has 120 valence electrons. The van der Waals surface area contributed by atoms with Crippen LogP contribution in [-0.4, -0.2) is 43.0 Å². The highest BCUT2D eigenvalue weighted by Gasteiger charge is 2.26. The molecule has 0 aromatic heterocycles. The highest BCUT2D eigenvalue weighted by molar-refractivity contribution is 5.96. The predicted molar refractivity (Wildman–Crippen MR) is 79.0 cm³/mol. The van der Waals surface area contributed by atoms with Gasteiger partial charge < -0.3 is 19.3 Å². The van der Waals surface area contributed by atoms with E-state index in [1.165, 1.54) is 18.0 Å². The molecule has 0 spiro atoms. The van der Waals surface area contributed by atoms with Gasteiger partial charge in [-0.2, -0.15) is 0 Å². The summed E-state index contributed by atoms with van der Waals surface area (Å²) in [4.78, 5) is 24.7. The number of fused-ring (bicyclic) bond motifs is 1. The van der Waals surface area contributed by atoms with Crippen molar-refractivity contribution in [2.75, 3.05) is 25.2 Å². The Kier molecular flexibility index (Phi) is 4.16. The molecule has 0 saturated carbocycles. The molecule has 1 aliphatic rings. The van der Waals surface area contributed by atoms with Gasteiger partial charge >= 0.3 is 12.1 Å². The fourth-order valence-corrected chi connectivity index (χ4v) is 1.93. The molecule has 2 rings (SSSR count). The number of anilines is 1. The molecule has 1 aromatic rings. The molecule has 1 aromatic carbocycles. The number of benzene rings is 1. The normalized spacial score (nSPS) is 13.5. The van der Waals surface area contributed by atoms with Crippen LogP contribution < -0.4 is 14.4 Å². The zero-order valence-electron chi connectivity index (χ0n) is 13.0. The molecule has 0 fully saturated rings. The quantitative estimate of drug-likeness (QED) is 0.903. The van der Waals surface area contributed by atoms with E-state index in [9.17, 15) is 14.7 Å². The van der Waals surface area contributed by atoms with Crippen molar-refractivity contribution in [1.29, 1.82) is 0 Å². The lowest BCUT2D eigenvalue weighted by atomic mass is 10.1. The maximum atomic E-state index is 12.1. The third kappa shape index (κ3) is 3.41. The minimum absolute atomic E-state index is 0.0531. The van der Waals surface area contributed by atoms with Crippen molar-refractivity contribution in [3.63, 3.8) is 0 Å². The molecule has 0 unspecified atom stereocenters. The first-order valence-corrected chi connectivity index (χ1v) is 6.82. The lowest BCUT2D eigenvalue weighted by molar-refractivity contribution is 0.0586. The van der Waals surface area contributed by atoms with Gasteiger partial charge in [-0.1, -0.05) is 0 Å². The fraction of sp³-hybridized carbons (Fsp3) is 0.467. The van der Waals surface area contributed by atoms with Crippen LogP contribution in [0.15, 0.2) is 12.1 Å². The summed E-state index contributed by atoms with van der Waals surface area (Å²) < 4.78 is 16.0. The van der Waals surface area contributed by atoms with Gasteiger partial charge in [-0.3, -0.25) is 4.90 Å². The number of aromatic carboxylic acids is 1. The summed E-state index contributed by atoms with van der Waals surface area (Å²) in [5.41, 5.74) is -0.340. The van der Waals surface area contributed by atoms with Gasteiger partial charge in [0.2, 0.25) is 0 Å². The molecule has 0 radical (unpaired) electrons. The van der Waals surface area contributed by atoms with Crippen molar-refractivity contribution in [2.24, 2.45) is 0 Å². The summed E-state index contributed by atoms with van der Waals surface area (Å²) in [6.07, 6.45) is -0.583. The maximum Gasteiger partial charge on any atom is 0.414 e. The van der Waals surface area contributed by atoms with E-state index in [1.807, 2.05) is 0 Å². The number of rotatable bonds is 2. The predicted octanol–water partition coefficient (Wildman–Crippen LogP) is 2.53. The van der Waals surface area contributed by atoms with E-state index in [2.05, 4.69) is 0 Å². The molecule has 0 bridgehead atoms. The number of hydrogen-bond acceptors (Lipinski definition) is 5. The number of nitrogens with zero attached hydrogens (tertiary/aromatic N) is 1. The van der Waals surface area contributed by atoms with Crippen LogP contribution in [0.25, 0.3) is 0 Å². The van der Waals surface area contributed by atoms with E-state index >= 15 is 0 Å². The Morgan fingerprint density at radius 3 is 2.45 bits per heavy atom. The minimum atomic E-state index is -1.15. The Hall–Kier alpha value is -2.44. The summed E-state index contributed by atoms with van der Waals surface area (Å²) in [5, 5.41) is 9.30. The number of carboxylic acid groups (broad SMARTS) is 1. The van der Waals surface area contributed by atoms with E-state index in [1.54, 1.807) is 26.8 Å². The van der Waals surface area contributed by atoms with Gasteiger partial charge in [0.15, 0.2) is 11.5 Å². The molecular weight excluding hydrogens is 290 g/mol. The number of carbonyl (C=O) groups excluding carboxylic acids is 1. The van der Waals surface area contributed by atoms with Crippen molar-refractivity contribution in [2.45, 2.75) is 26.4 Å². The molecule has 0 atom stereocenters. The Bertz CT molecular complexity index is 605. The van der Waals surface area contributed by atoms with Crippen LogP contribution in [0.3, 0.4) is 0 Å². The number of carbonyl (C=O) groups is 2. The number of carboxylic acids is 1. The lowest BCUT2D eigenvalue weighted by Crippen LogP contribution is -2.34. The van der Waals surface area contributed by atoms with Crippen LogP contribution in [-0.2, 0) is 4.74 Å². The molecule has 1 heterocycles. The number of ether oxygens (including phenoxy) is 3. The monoisotopic (exact) mass is 309 g/mol. The second-order valence-corrected chi connectivity index (χ2v) is 5.86. The van der Waals surface area contributed by atoms with Gasteiger partial charge in [-0.05, 0) is 26.8 Å². The second kappa shape index (κ2) is 5.75. The second-order valence-electron chi connectivity index (χ2n) is 5.86. The third-order valence-electron chi connectivity index (χ3n) is 2.91. The largest absolute Gasteiger partial charge is 0.486 e. The molecule has 1 amide bonds. The molecule has 1 aliphatic heterocycles. The Labute approximate surface area is 128 Å². The van der Waals surface area contributed by atoms with Crippen LogP contribution in [0.4, 0.5) is 10.5 Å². The van der Waals surface area contributed by atoms with Crippen molar-refractivity contribution in [3.8, 4) is 11.5 Å². The average molecular weight is 309 g/mol. The van der Waals surface area contributed by atoms with E-state index in [4.69, 9.17) is 14.2 Å². The van der Waals surface area contributed by atoms with E-state index in [-0.39, 0.29) is 17.9 Å². The lowest BCUT2D eigenvalue weighted by Gasteiger charge is -2.26. The standard InChI is InChI=1S/C15H19NO6/c1-15(2,3)22-14(19)16(4)9-7-10(13(17)18)12-11(8-9)20-5-6-21-12/h7-8H,5-6H2,1-4H3,(H,17,18). The number of hydrogen-bond donors (Lipinski definition) is 1. The van der Waals surface area contributed by atoms with E-state index in [0.717, 1.165) is 0 Å². The van der Waals surface area contributed by atoms with Gasteiger partial charge in [0, 0.05) is 13.1 Å². The fourth-order valence-electron chi connectivity index (χ4n) is 1.93. The zero-order chi connectivity index (χ0) is 16.5. The smallest absolute Gasteiger partial charge is 0.414 e. The van der Waals surface area contributed by atoms with Crippen molar-refractivity contribution in [3.05, 3.63) is 17.7 Å². The van der Waals surface area contributed by atoms with Crippen molar-refractivity contribution >= 4 is 17.7 Å². The molecule has 7 heteroatoms. The van der Waals surface area contributed by atoms with E-state index in [0.29, 0.717) is 18.0 Å². The number of amides is 1. The van der Waals surface area contributed by atoms with Gasteiger partial charge in [-0.15, -0.1) is 0 Å². The minimum Gasteiger partial charge on any atom is -0.486 e. The van der Waals surface area contributed by atoms with Gasteiger partial charge in [0.25, 0.3) is 0 Å². The summed E-state index contributed by atoms with van der Waals surface area (Å²) in [6, 6.07) is 2.92. The Morgan fingerprint density at radius 1 is 1.23 bits per heavy atom. The Morgan fingerprint density at radius 2 is 1.86 bits per heavy atom. The van der Waals surface area contributed by atoms with Crippen LogP contribution in [0, 0.1) is 0 Å². The van der Waals surface area contributed by atoms with E-state index < -0.39 is 17.7 Å². The van der Waals surface area contributed by atoms with Crippen molar-refractivity contribution < 1.29 is 28.9 Å². The van der Waals surface area contributed by atoms with Crippen molar-refractivity contribution in [1.82, 2.24) is 0 Å². The first-order chi connectivity index (χ1) is 10.2. The maximum absolute atomic E-state index is 12.1. The van der Waals surface area contributed by atoms with Gasteiger partial charge in [0.1, 0.15) is 24.4 Å². The molecule has 1 N–H and O–H groups in total. The SMILES string of the molecule is CN(C(=O)OC(C)(C)C)c1cc2c(c(C(=O)O)c1)OCCO2. The highest BCUT2D eigenvalue weighted by Crippen LogP contribution is 2.38. The zero-order valence-corrected chi connectivity index (χ0v) is 13.0. The third-order valence-corrected chi connectivity index (χ3v) is 2.91. The molecule has 0 saturated heterocycles. The topological polar surface area (TPSA) is 85.3 Å². The summed E-state index contributed by atoms with van der Waals surface area (Å²) in [6.45, 7) is 5.88. The molecule has 7 nitrogen and oxygen atoms in total. The van der Waals surface area contributed by atoms with Crippen LogP contribution in [0.5, 0.6) is 11.5 Å². The summed E-state index contributed by atoms with van der Waals surface area (Å²) >= 11 is 0. The summed E-state index contributed by atoms with van der Waals surface area (Å²) in [5.74, 6) is -0.669. The van der Waals surface area contributed by atoms with Crippen LogP contribution in [0.1, 0.15) is 31.1 Å². The Balaban J connectivity index is 2.37. The molecule has 0 aliphatic carbocycles. The van der Waals surface area contributed by atoms with Crippen LogP contribution in [0.2, 0.25) is 0 Å². The van der Waals surface area contributed by atoms with Crippen LogP contribution >= 0.6 is 0 Å². The highest BCUT2D eigenvalue weighted by atomic mass is 16.6. The van der Waals surface area contributed by atoms with Gasteiger partial charge in [0.05, 0.1) is 5.69 Å². The van der Waals surface area contributed by atoms with Gasteiger partial charge in [-0.25, -0.2) is 9.59 Å². The summed E-state index contributed by atoms with van der Waals surface area (Å²) in [7, 11) is 1.51. The average Bonchev–Trinajstić information content (AvgIpc) is 2.43. The first-order valence-electron chi connectivity index (χ1n) is 6.82. The molecular formula is C15H19NO6. The molecule has 22 heavy (non-hydrogen) atoms.